The van der Waals surface area contributed by atoms with Gasteiger partial charge in [-0.05, 0) is 44.5 Å². The number of benzene rings is 2. The number of hydrogen-bond acceptors (Lipinski definition) is 4. The van der Waals surface area contributed by atoms with Crippen molar-refractivity contribution in [1.29, 1.82) is 0 Å². The standard InChI is InChI=1S/C22H27Cl2N3O4S/c1-15(2)25-22(29)16(3)26(13-17-8-6-5-7-9-17)21(28)14-27(32(4,30)31)20-12-18(23)10-11-19(20)24/h5-12,15-16H,13-14H2,1-4H3,(H,25,29)/t16-/m1/s1. The lowest BCUT2D eigenvalue weighted by molar-refractivity contribution is -0.139. The SMILES string of the molecule is CC(C)NC(=O)[C@@H](C)N(Cc1ccccc1)C(=O)CN(c1cc(Cl)ccc1Cl)S(C)(=O)=O. The first-order valence-corrected chi connectivity index (χ1v) is 12.6. The molecular weight excluding hydrogens is 473 g/mol. The van der Waals surface area contributed by atoms with Crippen LogP contribution in [0.1, 0.15) is 26.3 Å². The fraction of sp³-hybridized carbons (Fsp3) is 0.364. The lowest BCUT2D eigenvalue weighted by Crippen LogP contribution is -2.52. The van der Waals surface area contributed by atoms with Gasteiger partial charge in [0.1, 0.15) is 12.6 Å². The highest BCUT2D eigenvalue weighted by Crippen LogP contribution is 2.30. The van der Waals surface area contributed by atoms with E-state index >= 15 is 0 Å². The van der Waals surface area contributed by atoms with Gasteiger partial charge >= 0.3 is 0 Å². The third kappa shape index (κ3) is 7.12. The lowest BCUT2D eigenvalue weighted by Gasteiger charge is -2.32. The van der Waals surface area contributed by atoms with Crippen LogP contribution in [0.2, 0.25) is 10.0 Å². The summed E-state index contributed by atoms with van der Waals surface area (Å²) in [5, 5.41) is 3.20. The van der Waals surface area contributed by atoms with E-state index in [0.717, 1.165) is 16.1 Å². The van der Waals surface area contributed by atoms with E-state index in [2.05, 4.69) is 5.32 Å². The maximum absolute atomic E-state index is 13.4. The Morgan fingerprint density at radius 2 is 1.66 bits per heavy atom. The van der Waals surface area contributed by atoms with Gasteiger partial charge in [-0.1, -0.05) is 53.5 Å². The van der Waals surface area contributed by atoms with Crippen LogP contribution in [0.3, 0.4) is 0 Å². The molecular formula is C22H27Cl2N3O4S. The van der Waals surface area contributed by atoms with Crippen molar-refractivity contribution in [3.05, 3.63) is 64.1 Å². The molecule has 0 bridgehead atoms. The number of carbonyl (C=O) groups is 2. The molecule has 0 saturated heterocycles. The second-order valence-electron chi connectivity index (χ2n) is 7.71. The number of sulfonamides is 1. The minimum absolute atomic E-state index is 0.0916. The maximum Gasteiger partial charge on any atom is 0.244 e. The molecule has 0 radical (unpaired) electrons. The molecule has 0 spiro atoms. The van der Waals surface area contributed by atoms with Crippen molar-refractivity contribution in [1.82, 2.24) is 10.2 Å². The first-order valence-electron chi connectivity index (χ1n) is 9.96. The Labute approximate surface area is 199 Å². The molecule has 32 heavy (non-hydrogen) atoms. The van der Waals surface area contributed by atoms with Crippen LogP contribution in [-0.2, 0) is 26.2 Å². The van der Waals surface area contributed by atoms with Gasteiger partial charge in [-0.3, -0.25) is 13.9 Å². The van der Waals surface area contributed by atoms with Crippen LogP contribution in [0, 0.1) is 0 Å². The van der Waals surface area contributed by atoms with E-state index in [4.69, 9.17) is 23.2 Å². The molecule has 0 heterocycles. The molecule has 2 rings (SSSR count). The summed E-state index contributed by atoms with van der Waals surface area (Å²) in [6.45, 7) is 4.84. The lowest BCUT2D eigenvalue weighted by atomic mass is 10.1. The summed E-state index contributed by atoms with van der Waals surface area (Å²) in [6, 6.07) is 12.6. The van der Waals surface area contributed by atoms with Gasteiger partial charge < -0.3 is 10.2 Å². The highest BCUT2D eigenvalue weighted by atomic mass is 35.5. The zero-order valence-corrected chi connectivity index (χ0v) is 20.7. The first kappa shape index (κ1) is 26.0. The van der Waals surface area contributed by atoms with Crippen molar-refractivity contribution < 1.29 is 18.0 Å². The molecule has 0 aliphatic heterocycles. The molecule has 0 aromatic heterocycles. The molecule has 2 aromatic rings. The van der Waals surface area contributed by atoms with Crippen LogP contribution in [0.5, 0.6) is 0 Å². The second kappa shape index (κ2) is 11.0. The van der Waals surface area contributed by atoms with E-state index in [9.17, 15) is 18.0 Å². The third-order valence-electron chi connectivity index (χ3n) is 4.65. The number of rotatable bonds is 9. The Balaban J connectivity index is 2.41. The van der Waals surface area contributed by atoms with Crippen LogP contribution < -0.4 is 9.62 Å². The monoisotopic (exact) mass is 499 g/mol. The number of hydrogen-bond donors (Lipinski definition) is 1. The second-order valence-corrected chi connectivity index (χ2v) is 10.5. The van der Waals surface area contributed by atoms with Crippen molar-refractivity contribution in [2.75, 3.05) is 17.1 Å². The molecule has 0 fully saturated rings. The van der Waals surface area contributed by atoms with Crippen LogP contribution in [0.4, 0.5) is 5.69 Å². The van der Waals surface area contributed by atoms with Gasteiger partial charge in [0.15, 0.2) is 0 Å². The van der Waals surface area contributed by atoms with Gasteiger partial charge in [0, 0.05) is 17.6 Å². The molecule has 0 aliphatic rings. The van der Waals surface area contributed by atoms with Crippen LogP contribution >= 0.6 is 23.2 Å². The third-order valence-corrected chi connectivity index (χ3v) is 6.33. The molecule has 7 nitrogen and oxygen atoms in total. The topological polar surface area (TPSA) is 86.8 Å². The molecule has 2 aromatic carbocycles. The molecule has 174 valence electrons. The summed E-state index contributed by atoms with van der Waals surface area (Å²) in [7, 11) is -3.88. The number of nitrogens with one attached hydrogen (secondary N) is 1. The largest absolute Gasteiger partial charge is 0.352 e. The average Bonchev–Trinajstić information content (AvgIpc) is 2.71. The fourth-order valence-electron chi connectivity index (χ4n) is 3.04. The Morgan fingerprint density at radius 1 is 1.03 bits per heavy atom. The van der Waals surface area contributed by atoms with Crippen molar-refractivity contribution in [3.63, 3.8) is 0 Å². The minimum atomic E-state index is -3.88. The van der Waals surface area contributed by atoms with Gasteiger partial charge in [0.25, 0.3) is 0 Å². The maximum atomic E-state index is 13.4. The Kier molecular flexibility index (Phi) is 8.95. The molecule has 0 aliphatic carbocycles. The first-order chi connectivity index (χ1) is 14.9. The summed E-state index contributed by atoms with van der Waals surface area (Å²) < 4.78 is 26.0. The summed E-state index contributed by atoms with van der Waals surface area (Å²) in [6.07, 6.45) is 0.980. The predicted molar refractivity (Wildman–Crippen MR) is 128 cm³/mol. The molecule has 0 saturated carbocycles. The highest BCUT2D eigenvalue weighted by Gasteiger charge is 2.31. The van der Waals surface area contributed by atoms with E-state index in [1.54, 1.807) is 6.92 Å². The normalized spacial score (nSPS) is 12.3. The van der Waals surface area contributed by atoms with Crippen LogP contribution in [-0.4, -0.2) is 50.0 Å². The van der Waals surface area contributed by atoms with E-state index in [1.165, 1.54) is 23.1 Å². The Morgan fingerprint density at radius 3 is 2.22 bits per heavy atom. The fourth-order valence-corrected chi connectivity index (χ4v) is 4.33. The Bertz CT molecular complexity index is 1060. The molecule has 1 N–H and O–H groups in total. The highest BCUT2D eigenvalue weighted by molar-refractivity contribution is 7.92. The van der Waals surface area contributed by atoms with E-state index in [0.29, 0.717) is 0 Å². The molecule has 10 heteroatoms. The molecule has 0 unspecified atom stereocenters. The smallest absolute Gasteiger partial charge is 0.244 e. The quantitative estimate of drug-likeness (QED) is 0.569. The zero-order chi connectivity index (χ0) is 24.1. The number of nitrogens with zero attached hydrogens (tertiary/aromatic N) is 2. The van der Waals surface area contributed by atoms with Crippen molar-refractivity contribution in [3.8, 4) is 0 Å². The van der Waals surface area contributed by atoms with E-state index in [-0.39, 0.29) is 34.2 Å². The zero-order valence-electron chi connectivity index (χ0n) is 18.4. The number of amides is 2. The van der Waals surface area contributed by atoms with Crippen molar-refractivity contribution in [2.45, 2.75) is 39.4 Å². The van der Waals surface area contributed by atoms with Gasteiger partial charge in [-0.25, -0.2) is 8.42 Å². The predicted octanol–water partition coefficient (Wildman–Crippen LogP) is 3.70. The molecule has 1 atom stereocenters. The summed E-state index contributed by atoms with van der Waals surface area (Å²) in [4.78, 5) is 27.4. The number of anilines is 1. The van der Waals surface area contributed by atoms with Gasteiger partial charge in [-0.2, -0.15) is 0 Å². The average molecular weight is 500 g/mol. The summed E-state index contributed by atoms with van der Waals surface area (Å²) >= 11 is 12.2. The van der Waals surface area contributed by atoms with Crippen LogP contribution in [0.15, 0.2) is 48.5 Å². The van der Waals surface area contributed by atoms with Crippen molar-refractivity contribution in [2.24, 2.45) is 0 Å². The number of carbonyl (C=O) groups excluding carboxylic acids is 2. The molecule has 2 amide bonds. The van der Waals surface area contributed by atoms with Gasteiger partial charge in [-0.15, -0.1) is 0 Å². The van der Waals surface area contributed by atoms with Gasteiger partial charge in [0.05, 0.1) is 17.0 Å². The van der Waals surface area contributed by atoms with E-state index in [1.807, 2.05) is 44.2 Å². The summed E-state index contributed by atoms with van der Waals surface area (Å²) in [5.74, 6) is -0.891. The van der Waals surface area contributed by atoms with Crippen molar-refractivity contribution >= 4 is 50.7 Å². The summed E-state index contributed by atoms with van der Waals surface area (Å²) in [5.41, 5.74) is 0.894. The van der Waals surface area contributed by atoms with Gasteiger partial charge in [0.2, 0.25) is 21.8 Å². The number of halogens is 2. The Hall–Kier alpha value is -2.29. The van der Waals surface area contributed by atoms with E-state index < -0.39 is 28.5 Å². The minimum Gasteiger partial charge on any atom is -0.352 e. The van der Waals surface area contributed by atoms with Crippen LogP contribution in [0.25, 0.3) is 0 Å².